The van der Waals surface area contributed by atoms with Gasteiger partial charge in [0.2, 0.25) is 0 Å². The van der Waals surface area contributed by atoms with Gasteiger partial charge in [0.05, 0.1) is 12.5 Å². The van der Waals surface area contributed by atoms with Crippen molar-refractivity contribution in [3.63, 3.8) is 0 Å². The fourth-order valence-corrected chi connectivity index (χ4v) is 2.74. The van der Waals surface area contributed by atoms with Gasteiger partial charge in [-0.05, 0) is 11.8 Å². The molecule has 1 rings (SSSR count). The molecule has 0 aromatic rings. The van der Waals surface area contributed by atoms with Crippen LogP contribution in [0.25, 0.3) is 0 Å². The third kappa shape index (κ3) is 3.78. The van der Waals surface area contributed by atoms with E-state index >= 15 is 0 Å². The van der Waals surface area contributed by atoms with E-state index in [1.807, 2.05) is 0 Å². The van der Waals surface area contributed by atoms with E-state index in [2.05, 4.69) is 34.6 Å². The average molecular weight is 228 g/mol. The van der Waals surface area contributed by atoms with Crippen molar-refractivity contribution in [2.24, 2.45) is 10.8 Å². The smallest absolute Gasteiger partial charge is 0.308 e. The van der Waals surface area contributed by atoms with Gasteiger partial charge in [-0.1, -0.05) is 34.6 Å². The fraction of sp³-hybridized carbons (Fsp3) is 0.923. The average Bonchev–Trinajstić information content (AvgIpc) is 1.96. The van der Waals surface area contributed by atoms with Crippen LogP contribution in [0.2, 0.25) is 0 Å². The maximum absolute atomic E-state index is 11.3. The van der Waals surface area contributed by atoms with Crippen molar-refractivity contribution in [2.45, 2.75) is 66.1 Å². The second kappa shape index (κ2) is 4.36. The number of aliphatic hydroxyl groups is 1. The number of rotatable bonds is 2. The van der Waals surface area contributed by atoms with Crippen LogP contribution in [-0.2, 0) is 9.53 Å². The minimum absolute atomic E-state index is 0.0880. The molecule has 1 heterocycles. The van der Waals surface area contributed by atoms with Crippen LogP contribution < -0.4 is 0 Å². The molecule has 3 heteroatoms. The van der Waals surface area contributed by atoms with Gasteiger partial charge in [0.1, 0.15) is 6.10 Å². The highest BCUT2D eigenvalue weighted by Crippen LogP contribution is 2.40. The Morgan fingerprint density at radius 2 is 1.88 bits per heavy atom. The minimum Gasteiger partial charge on any atom is -0.462 e. The lowest BCUT2D eigenvalue weighted by Crippen LogP contribution is -2.43. The first-order chi connectivity index (χ1) is 7.10. The molecule has 94 valence electrons. The normalized spacial score (nSPS) is 27.8. The monoisotopic (exact) mass is 228 g/mol. The van der Waals surface area contributed by atoms with Gasteiger partial charge in [0.25, 0.3) is 0 Å². The lowest BCUT2D eigenvalue weighted by molar-refractivity contribution is -0.170. The summed E-state index contributed by atoms with van der Waals surface area (Å²) in [5.74, 6) is -0.272. The van der Waals surface area contributed by atoms with Gasteiger partial charge in [-0.2, -0.15) is 0 Å². The minimum atomic E-state index is -0.537. The van der Waals surface area contributed by atoms with Crippen molar-refractivity contribution in [1.82, 2.24) is 0 Å². The Bertz CT molecular complexity index is 263. The lowest BCUT2D eigenvalue weighted by Gasteiger charge is -2.41. The molecule has 16 heavy (non-hydrogen) atoms. The molecular weight excluding hydrogens is 204 g/mol. The lowest BCUT2D eigenvalue weighted by atomic mass is 9.71. The summed E-state index contributed by atoms with van der Waals surface area (Å²) in [6.45, 7) is 10.7. The Balaban J connectivity index is 2.71. The molecule has 0 spiro atoms. The predicted molar refractivity (Wildman–Crippen MR) is 63.0 cm³/mol. The summed E-state index contributed by atoms with van der Waals surface area (Å²) in [7, 11) is 0. The number of hydrogen-bond donors (Lipinski definition) is 1. The van der Waals surface area contributed by atoms with E-state index in [4.69, 9.17) is 4.74 Å². The Labute approximate surface area is 98.2 Å². The number of cyclic esters (lactones) is 1. The zero-order valence-corrected chi connectivity index (χ0v) is 11.0. The molecule has 0 bridgehead atoms. The summed E-state index contributed by atoms with van der Waals surface area (Å²) < 4.78 is 5.37. The quantitative estimate of drug-likeness (QED) is 0.739. The van der Waals surface area contributed by atoms with Crippen molar-refractivity contribution in [2.75, 3.05) is 0 Å². The van der Waals surface area contributed by atoms with Gasteiger partial charge in [0.15, 0.2) is 0 Å². The van der Waals surface area contributed by atoms with Gasteiger partial charge in [-0.3, -0.25) is 4.79 Å². The molecule has 1 aliphatic heterocycles. The zero-order valence-electron chi connectivity index (χ0n) is 11.0. The van der Waals surface area contributed by atoms with E-state index in [0.29, 0.717) is 6.42 Å². The summed E-state index contributed by atoms with van der Waals surface area (Å²) in [6, 6.07) is 0. The van der Waals surface area contributed by atoms with Crippen LogP contribution in [0.4, 0.5) is 0 Å². The van der Waals surface area contributed by atoms with Crippen LogP contribution >= 0.6 is 0 Å². The highest BCUT2D eigenvalue weighted by molar-refractivity contribution is 5.71. The highest BCUT2D eigenvalue weighted by atomic mass is 16.5. The van der Waals surface area contributed by atoms with E-state index in [0.717, 1.165) is 6.42 Å². The molecule has 0 aromatic carbocycles. The SMILES string of the molecule is CC(C)(C)CC(C)(C)C1CC(O)CC(=O)O1. The summed E-state index contributed by atoms with van der Waals surface area (Å²) >= 11 is 0. The summed E-state index contributed by atoms with van der Waals surface area (Å²) in [6.07, 6.45) is 0.968. The summed E-state index contributed by atoms with van der Waals surface area (Å²) in [5, 5.41) is 9.61. The molecule has 1 N–H and O–H groups in total. The van der Waals surface area contributed by atoms with Gasteiger partial charge in [-0.25, -0.2) is 0 Å². The van der Waals surface area contributed by atoms with Crippen LogP contribution in [0.3, 0.4) is 0 Å². The Morgan fingerprint density at radius 3 is 2.31 bits per heavy atom. The molecule has 1 fully saturated rings. The van der Waals surface area contributed by atoms with Crippen molar-refractivity contribution in [1.29, 1.82) is 0 Å². The Kier molecular flexibility index (Phi) is 3.68. The topological polar surface area (TPSA) is 46.5 Å². The van der Waals surface area contributed by atoms with Crippen molar-refractivity contribution in [3.05, 3.63) is 0 Å². The van der Waals surface area contributed by atoms with E-state index in [-0.39, 0.29) is 29.3 Å². The maximum atomic E-state index is 11.3. The standard InChI is InChI=1S/C13H24O3/c1-12(2,3)8-13(4,5)10-6-9(14)7-11(15)16-10/h9-10,14H,6-8H2,1-5H3. The third-order valence-electron chi connectivity index (χ3n) is 3.02. The van der Waals surface area contributed by atoms with Gasteiger partial charge in [-0.15, -0.1) is 0 Å². The molecule has 0 amide bonds. The van der Waals surface area contributed by atoms with Crippen LogP contribution in [0.1, 0.15) is 53.9 Å². The van der Waals surface area contributed by atoms with Gasteiger partial charge in [0, 0.05) is 11.8 Å². The molecule has 0 aromatic heterocycles. The van der Waals surface area contributed by atoms with Crippen LogP contribution in [0.15, 0.2) is 0 Å². The second-order valence-electron chi connectivity index (χ2n) is 6.80. The Hall–Kier alpha value is -0.570. The molecule has 0 radical (unpaired) electrons. The third-order valence-corrected chi connectivity index (χ3v) is 3.02. The van der Waals surface area contributed by atoms with E-state index in [1.54, 1.807) is 0 Å². The largest absolute Gasteiger partial charge is 0.462 e. The van der Waals surface area contributed by atoms with Gasteiger partial charge < -0.3 is 9.84 Å². The van der Waals surface area contributed by atoms with Crippen LogP contribution in [0, 0.1) is 10.8 Å². The molecule has 0 aliphatic carbocycles. The van der Waals surface area contributed by atoms with Crippen molar-refractivity contribution < 1.29 is 14.6 Å². The molecule has 0 saturated carbocycles. The second-order valence-corrected chi connectivity index (χ2v) is 6.80. The first kappa shape index (κ1) is 13.5. The van der Waals surface area contributed by atoms with Gasteiger partial charge >= 0.3 is 5.97 Å². The summed E-state index contributed by atoms with van der Waals surface area (Å²) in [4.78, 5) is 11.3. The molecule has 1 saturated heterocycles. The number of ether oxygens (including phenoxy) is 1. The van der Waals surface area contributed by atoms with Crippen LogP contribution in [-0.4, -0.2) is 23.3 Å². The first-order valence-electron chi connectivity index (χ1n) is 5.98. The number of carbonyl (C=O) groups excluding carboxylic acids is 1. The first-order valence-corrected chi connectivity index (χ1v) is 5.98. The number of carbonyl (C=O) groups is 1. The molecule has 3 nitrogen and oxygen atoms in total. The number of aliphatic hydroxyl groups excluding tert-OH is 1. The van der Waals surface area contributed by atoms with E-state index in [9.17, 15) is 9.90 Å². The maximum Gasteiger partial charge on any atom is 0.308 e. The molecule has 1 aliphatic rings. The summed E-state index contributed by atoms with van der Waals surface area (Å²) in [5.41, 5.74) is 0.105. The van der Waals surface area contributed by atoms with Crippen molar-refractivity contribution >= 4 is 5.97 Å². The van der Waals surface area contributed by atoms with E-state index < -0.39 is 6.10 Å². The number of esters is 1. The highest BCUT2D eigenvalue weighted by Gasteiger charge is 2.40. The Morgan fingerprint density at radius 1 is 1.31 bits per heavy atom. The van der Waals surface area contributed by atoms with Crippen molar-refractivity contribution in [3.8, 4) is 0 Å². The number of hydrogen-bond acceptors (Lipinski definition) is 3. The predicted octanol–water partition coefficient (Wildman–Crippen LogP) is 2.52. The molecular formula is C13H24O3. The zero-order chi connectivity index (χ0) is 12.6. The molecule has 2 unspecified atom stereocenters. The van der Waals surface area contributed by atoms with E-state index in [1.165, 1.54) is 0 Å². The van der Waals surface area contributed by atoms with Crippen LogP contribution in [0.5, 0.6) is 0 Å². The molecule has 2 atom stereocenters. The fourth-order valence-electron chi connectivity index (χ4n) is 2.74.